The molecule has 312 valence electrons. The van der Waals surface area contributed by atoms with Crippen LogP contribution >= 0.6 is 0 Å². The number of allylic oxidation sites excluding steroid dienone is 3. The van der Waals surface area contributed by atoms with E-state index in [2.05, 4.69) is 185 Å². The number of hydrogen-bond acceptors (Lipinski definition) is 4. The molecule has 0 aliphatic carbocycles. The molecule has 5 heteroatoms. The fraction of sp³-hybridized carbons (Fsp3) is 0. The highest BCUT2D eigenvalue weighted by molar-refractivity contribution is 6.12. The van der Waals surface area contributed by atoms with E-state index in [1.165, 1.54) is 21.9 Å². The molecule has 12 rings (SSSR count). The first-order chi connectivity index (χ1) is 32.6. The van der Waals surface area contributed by atoms with Crippen molar-refractivity contribution in [3.8, 4) is 39.1 Å². The maximum absolute atomic E-state index is 13.5. The van der Waals surface area contributed by atoms with Crippen LogP contribution in [-0.2, 0) is 0 Å². The van der Waals surface area contributed by atoms with E-state index in [9.17, 15) is 4.79 Å². The van der Waals surface area contributed by atoms with Crippen LogP contribution in [-0.4, -0.2) is 4.57 Å². The molecule has 0 radical (unpaired) electrons. The first-order valence-electron chi connectivity index (χ1n) is 22.1. The molecule has 1 aliphatic heterocycles. The SMILES string of the molecule is C=C/C=C(\C=C)N1c2ccc(-c3ccc4c(=O)c5ccccc5oc4c3)cc2N(c2ccccc2)c2cc(-c3ccc4c(c3)c3cc(-c5ccccc5)ccc3n4-c3ccccc3)ccc21. The van der Waals surface area contributed by atoms with Crippen molar-refractivity contribution in [1.82, 2.24) is 4.57 Å². The van der Waals surface area contributed by atoms with Gasteiger partial charge < -0.3 is 18.8 Å². The van der Waals surface area contributed by atoms with E-state index in [1.807, 2.05) is 60.7 Å². The Bertz CT molecular complexity index is 3830. The summed E-state index contributed by atoms with van der Waals surface area (Å²) in [5.74, 6) is 0. The van der Waals surface area contributed by atoms with Gasteiger partial charge in [0.1, 0.15) is 11.2 Å². The molecule has 0 N–H and O–H groups in total. The number of fused-ring (bicyclic) bond motifs is 7. The second-order valence-electron chi connectivity index (χ2n) is 16.6. The van der Waals surface area contributed by atoms with Crippen molar-refractivity contribution in [1.29, 1.82) is 0 Å². The molecule has 0 spiro atoms. The van der Waals surface area contributed by atoms with Gasteiger partial charge in [-0.1, -0.05) is 128 Å². The van der Waals surface area contributed by atoms with Gasteiger partial charge in [0.15, 0.2) is 0 Å². The molecule has 2 aromatic heterocycles. The Labute approximate surface area is 382 Å². The normalized spacial score (nSPS) is 12.5. The van der Waals surface area contributed by atoms with Crippen LogP contribution in [0.5, 0.6) is 0 Å². The summed E-state index contributed by atoms with van der Waals surface area (Å²) < 4.78 is 8.71. The Morgan fingerprint density at radius 1 is 0.424 bits per heavy atom. The summed E-state index contributed by atoms with van der Waals surface area (Å²) >= 11 is 0. The van der Waals surface area contributed by atoms with E-state index in [0.717, 1.165) is 73.1 Å². The van der Waals surface area contributed by atoms with Crippen molar-refractivity contribution in [2.75, 3.05) is 9.80 Å². The molecule has 9 aromatic carbocycles. The van der Waals surface area contributed by atoms with Gasteiger partial charge in [-0.05, 0) is 143 Å². The Morgan fingerprint density at radius 3 is 1.55 bits per heavy atom. The smallest absolute Gasteiger partial charge is 0.200 e. The Morgan fingerprint density at radius 2 is 0.924 bits per heavy atom. The number of hydrogen-bond donors (Lipinski definition) is 0. The zero-order chi connectivity index (χ0) is 44.3. The monoisotopic (exact) mass is 847 g/mol. The van der Waals surface area contributed by atoms with Crippen LogP contribution in [0.1, 0.15) is 0 Å². The lowest BCUT2D eigenvalue weighted by Crippen LogP contribution is -2.26. The van der Waals surface area contributed by atoms with Crippen LogP contribution in [0.25, 0.3) is 82.8 Å². The molecule has 1 aliphatic rings. The third-order valence-electron chi connectivity index (χ3n) is 12.8. The Balaban J connectivity index is 1.06. The van der Waals surface area contributed by atoms with Crippen LogP contribution in [0.2, 0.25) is 0 Å². The fourth-order valence-corrected chi connectivity index (χ4v) is 9.74. The van der Waals surface area contributed by atoms with Gasteiger partial charge in [-0.25, -0.2) is 0 Å². The average molecular weight is 848 g/mol. The number of aromatic nitrogens is 1. The van der Waals surface area contributed by atoms with Gasteiger partial charge in [0.2, 0.25) is 5.43 Å². The minimum absolute atomic E-state index is 0.0360. The van der Waals surface area contributed by atoms with Crippen LogP contribution in [0.15, 0.2) is 253 Å². The van der Waals surface area contributed by atoms with Gasteiger partial charge in [-0.2, -0.15) is 0 Å². The second kappa shape index (κ2) is 15.7. The van der Waals surface area contributed by atoms with Crippen LogP contribution in [0.3, 0.4) is 0 Å². The molecule has 0 fully saturated rings. The molecule has 3 heterocycles. The maximum Gasteiger partial charge on any atom is 0.200 e. The van der Waals surface area contributed by atoms with E-state index < -0.39 is 0 Å². The first-order valence-corrected chi connectivity index (χ1v) is 22.1. The van der Waals surface area contributed by atoms with Crippen LogP contribution in [0, 0.1) is 0 Å². The van der Waals surface area contributed by atoms with Crippen molar-refractivity contribution in [2.24, 2.45) is 0 Å². The molecule has 0 saturated heterocycles. The zero-order valence-electron chi connectivity index (χ0n) is 35.9. The quantitative estimate of drug-likeness (QED) is 0.113. The van der Waals surface area contributed by atoms with Gasteiger partial charge in [0, 0.05) is 27.8 Å². The van der Waals surface area contributed by atoms with Gasteiger partial charge in [-0.15, -0.1) is 0 Å². The second-order valence-corrected chi connectivity index (χ2v) is 16.6. The molecule has 0 atom stereocenters. The Kier molecular flexibility index (Phi) is 9.21. The van der Waals surface area contributed by atoms with E-state index >= 15 is 0 Å². The zero-order valence-corrected chi connectivity index (χ0v) is 35.9. The molecule has 0 amide bonds. The van der Waals surface area contributed by atoms with Gasteiger partial charge in [0.25, 0.3) is 0 Å². The lowest BCUT2D eigenvalue weighted by molar-refractivity contribution is 0.660. The van der Waals surface area contributed by atoms with E-state index in [4.69, 9.17) is 4.42 Å². The minimum atomic E-state index is -0.0360. The highest BCUT2D eigenvalue weighted by Crippen LogP contribution is 2.55. The first kappa shape index (κ1) is 38.7. The summed E-state index contributed by atoms with van der Waals surface area (Å²) in [7, 11) is 0. The predicted molar refractivity (Wildman–Crippen MR) is 276 cm³/mol. The fourth-order valence-electron chi connectivity index (χ4n) is 9.74. The predicted octanol–water partition coefficient (Wildman–Crippen LogP) is 16.2. The number of anilines is 5. The molecule has 11 aromatic rings. The van der Waals surface area contributed by atoms with Crippen molar-refractivity contribution in [3.63, 3.8) is 0 Å². The van der Waals surface area contributed by atoms with Gasteiger partial charge in [-0.3, -0.25) is 4.79 Å². The van der Waals surface area contributed by atoms with Crippen LogP contribution in [0.4, 0.5) is 28.4 Å². The maximum atomic E-state index is 13.5. The summed E-state index contributed by atoms with van der Waals surface area (Å²) in [6, 6.07) is 71.9. The average Bonchev–Trinajstić information content (AvgIpc) is 3.70. The lowest BCUT2D eigenvalue weighted by Gasteiger charge is -2.41. The van der Waals surface area contributed by atoms with E-state index in [0.29, 0.717) is 21.9 Å². The van der Waals surface area contributed by atoms with Crippen molar-refractivity contribution < 1.29 is 4.42 Å². The van der Waals surface area contributed by atoms with E-state index in [-0.39, 0.29) is 5.43 Å². The number of nitrogens with zero attached hydrogens (tertiary/aromatic N) is 3. The van der Waals surface area contributed by atoms with Gasteiger partial charge in [0.05, 0.1) is 44.6 Å². The van der Waals surface area contributed by atoms with Crippen molar-refractivity contribution >= 4 is 72.2 Å². The Hall–Kier alpha value is -8.93. The van der Waals surface area contributed by atoms with Crippen LogP contribution < -0.4 is 15.2 Å². The third kappa shape index (κ3) is 6.28. The highest BCUT2D eigenvalue weighted by Gasteiger charge is 2.32. The molecule has 0 bridgehead atoms. The summed E-state index contributed by atoms with van der Waals surface area (Å²) in [5, 5.41) is 3.50. The van der Waals surface area contributed by atoms with E-state index in [1.54, 1.807) is 6.08 Å². The number of para-hydroxylation sites is 3. The number of rotatable bonds is 8. The molecule has 5 nitrogen and oxygen atoms in total. The molecule has 66 heavy (non-hydrogen) atoms. The summed E-state index contributed by atoms with van der Waals surface area (Å²) in [5.41, 5.74) is 16.9. The summed E-state index contributed by atoms with van der Waals surface area (Å²) in [6.07, 6.45) is 5.68. The summed E-state index contributed by atoms with van der Waals surface area (Å²) in [4.78, 5) is 18.1. The third-order valence-corrected chi connectivity index (χ3v) is 12.8. The van der Waals surface area contributed by atoms with Gasteiger partial charge >= 0.3 is 0 Å². The molecule has 0 unspecified atom stereocenters. The largest absolute Gasteiger partial charge is 0.456 e. The molecular formula is C61H41N3O2. The van der Waals surface area contributed by atoms with Crippen molar-refractivity contribution in [2.45, 2.75) is 0 Å². The summed E-state index contributed by atoms with van der Waals surface area (Å²) in [6.45, 7) is 8.33. The topological polar surface area (TPSA) is 41.6 Å². The van der Waals surface area contributed by atoms with Crippen molar-refractivity contribution in [3.05, 3.63) is 254 Å². The molecular weight excluding hydrogens is 807 g/mol. The lowest BCUT2D eigenvalue weighted by atomic mass is 9.96. The minimum Gasteiger partial charge on any atom is -0.456 e. The number of benzene rings is 9. The molecule has 0 saturated carbocycles. The standard InChI is InChI=1S/C61H41N3O2/c1-3-16-46(4-2)62-55-33-28-43(42-27-32-54-52(36-42)51-35-41(40-17-8-5-9-18-40)26-31-53(51)63(54)47-19-10-6-11-20-47)37-57(55)64(48-21-12-7-13-22-48)58-38-44(29-34-56(58)62)45-25-30-50-60(39-45)66-59-24-15-14-23-49(59)61(50)65/h3-39H,1-2H2/b46-16+. The highest BCUT2D eigenvalue weighted by atomic mass is 16.3.